The standard InChI is InChI=1S/C21H26O6/c1-21(2,3)20(23)27-15-9-10-16-17(11-15)25-12-18(19(16)22)26-14-7-5-13(24-4)6-8-14/h5-8,12,15-17H,9-11H2,1-4H3. The lowest BCUT2D eigenvalue weighted by atomic mass is 9.80. The topological polar surface area (TPSA) is 71.1 Å². The quantitative estimate of drug-likeness (QED) is 0.750. The number of hydrogen-bond acceptors (Lipinski definition) is 6. The number of methoxy groups -OCH3 is 1. The van der Waals surface area contributed by atoms with Crippen molar-refractivity contribution < 1.29 is 28.5 Å². The fraction of sp³-hybridized carbons (Fsp3) is 0.524. The molecule has 0 spiro atoms. The lowest BCUT2D eigenvalue weighted by Gasteiger charge is -2.37. The number of fused-ring (bicyclic) bond motifs is 1. The molecule has 146 valence electrons. The van der Waals surface area contributed by atoms with Crippen LogP contribution in [0.5, 0.6) is 11.5 Å². The summed E-state index contributed by atoms with van der Waals surface area (Å²) in [5, 5.41) is 0. The number of Topliss-reactive ketones (excluding diaryl/α,β-unsaturated/α-hetero) is 1. The second-order valence-electron chi connectivity index (χ2n) is 8.00. The normalized spacial score (nSPS) is 25.0. The number of allylic oxidation sites excluding steroid dienone is 1. The lowest BCUT2D eigenvalue weighted by Crippen LogP contribution is -2.43. The zero-order chi connectivity index (χ0) is 19.6. The Balaban J connectivity index is 1.62. The number of carbonyl (C=O) groups is 2. The molecular weight excluding hydrogens is 348 g/mol. The van der Waals surface area contributed by atoms with Crippen molar-refractivity contribution in [2.24, 2.45) is 11.3 Å². The molecule has 27 heavy (non-hydrogen) atoms. The summed E-state index contributed by atoms with van der Waals surface area (Å²) in [6.07, 6.45) is 2.64. The molecule has 1 aliphatic carbocycles. The maximum absolute atomic E-state index is 12.8. The molecule has 3 atom stereocenters. The van der Waals surface area contributed by atoms with Crippen LogP contribution in [-0.4, -0.2) is 31.1 Å². The summed E-state index contributed by atoms with van der Waals surface area (Å²) in [5.41, 5.74) is -0.542. The second-order valence-corrected chi connectivity index (χ2v) is 8.00. The van der Waals surface area contributed by atoms with E-state index in [9.17, 15) is 9.59 Å². The molecule has 3 unspecified atom stereocenters. The molecule has 1 heterocycles. The third-order valence-corrected chi connectivity index (χ3v) is 4.85. The van der Waals surface area contributed by atoms with Gasteiger partial charge in [-0.25, -0.2) is 0 Å². The minimum atomic E-state index is -0.542. The highest BCUT2D eigenvalue weighted by Gasteiger charge is 2.42. The first kappa shape index (κ1) is 19.3. The van der Waals surface area contributed by atoms with Crippen molar-refractivity contribution in [3.8, 4) is 11.5 Å². The van der Waals surface area contributed by atoms with E-state index in [1.165, 1.54) is 6.26 Å². The number of ketones is 1. The van der Waals surface area contributed by atoms with Gasteiger partial charge in [-0.05, 0) is 57.9 Å². The molecule has 0 saturated heterocycles. The van der Waals surface area contributed by atoms with Crippen LogP contribution in [0.25, 0.3) is 0 Å². The molecule has 6 heteroatoms. The summed E-state index contributed by atoms with van der Waals surface area (Å²) in [6.45, 7) is 5.48. The predicted molar refractivity (Wildman–Crippen MR) is 98.3 cm³/mol. The fourth-order valence-corrected chi connectivity index (χ4v) is 3.21. The Bertz CT molecular complexity index is 728. The Hall–Kier alpha value is -2.50. The third-order valence-electron chi connectivity index (χ3n) is 4.85. The van der Waals surface area contributed by atoms with Crippen molar-refractivity contribution >= 4 is 11.8 Å². The molecule has 0 radical (unpaired) electrons. The van der Waals surface area contributed by atoms with Gasteiger partial charge in [0.2, 0.25) is 11.5 Å². The van der Waals surface area contributed by atoms with E-state index in [-0.39, 0.29) is 35.6 Å². The van der Waals surface area contributed by atoms with E-state index in [1.54, 1.807) is 31.4 Å². The van der Waals surface area contributed by atoms with Gasteiger partial charge in [-0.2, -0.15) is 0 Å². The van der Waals surface area contributed by atoms with Gasteiger partial charge in [-0.1, -0.05) is 0 Å². The van der Waals surface area contributed by atoms with E-state index in [0.717, 1.165) is 0 Å². The van der Waals surface area contributed by atoms with Gasteiger partial charge in [0.25, 0.3) is 0 Å². The van der Waals surface area contributed by atoms with Crippen LogP contribution in [0, 0.1) is 11.3 Å². The van der Waals surface area contributed by atoms with Crippen molar-refractivity contribution in [3.63, 3.8) is 0 Å². The summed E-state index contributed by atoms with van der Waals surface area (Å²) >= 11 is 0. The van der Waals surface area contributed by atoms with Crippen LogP contribution < -0.4 is 9.47 Å². The van der Waals surface area contributed by atoms with E-state index in [2.05, 4.69) is 0 Å². The van der Waals surface area contributed by atoms with Crippen LogP contribution in [0.2, 0.25) is 0 Å². The molecule has 1 fully saturated rings. The van der Waals surface area contributed by atoms with Crippen molar-refractivity contribution in [2.45, 2.75) is 52.2 Å². The smallest absolute Gasteiger partial charge is 0.311 e. The van der Waals surface area contributed by atoms with E-state index in [0.29, 0.717) is 30.8 Å². The van der Waals surface area contributed by atoms with Crippen LogP contribution in [0.3, 0.4) is 0 Å². The number of hydrogen-bond donors (Lipinski definition) is 0. The SMILES string of the molecule is COc1ccc(OC2=COC3CC(OC(=O)C(C)(C)C)CCC3C2=O)cc1. The molecule has 0 bridgehead atoms. The first-order valence-corrected chi connectivity index (χ1v) is 9.21. The van der Waals surface area contributed by atoms with E-state index in [4.69, 9.17) is 18.9 Å². The van der Waals surface area contributed by atoms with Gasteiger partial charge in [-0.15, -0.1) is 0 Å². The van der Waals surface area contributed by atoms with Gasteiger partial charge in [0, 0.05) is 6.42 Å². The summed E-state index contributed by atoms with van der Waals surface area (Å²) in [7, 11) is 1.59. The molecular formula is C21H26O6. The Kier molecular flexibility index (Phi) is 5.44. The van der Waals surface area contributed by atoms with Crippen LogP contribution in [0.1, 0.15) is 40.0 Å². The average Bonchev–Trinajstić information content (AvgIpc) is 2.64. The van der Waals surface area contributed by atoms with Gasteiger partial charge in [0.15, 0.2) is 0 Å². The van der Waals surface area contributed by atoms with Gasteiger partial charge in [0.05, 0.1) is 18.4 Å². The van der Waals surface area contributed by atoms with Crippen LogP contribution in [0.15, 0.2) is 36.3 Å². The Morgan fingerprint density at radius 1 is 1.11 bits per heavy atom. The molecule has 0 aromatic heterocycles. The van der Waals surface area contributed by atoms with Gasteiger partial charge in [0.1, 0.15) is 30.0 Å². The second kappa shape index (κ2) is 7.62. The molecule has 6 nitrogen and oxygen atoms in total. The maximum Gasteiger partial charge on any atom is 0.311 e. The summed E-state index contributed by atoms with van der Waals surface area (Å²) in [6, 6.07) is 7.01. The van der Waals surface area contributed by atoms with Crippen molar-refractivity contribution in [2.75, 3.05) is 7.11 Å². The van der Waals surface area contributed by atoms with E-state index >= 15 is 0 Å². The first-order chi connectivity index (χ1) is 12.8. The van der Waals surface area contributed by atoms with Crippen molar-refractivity contribution in [1.82, 2.24) is 0 Å². The van der Waals surface area contributed by atoms with E-state index < -0.39 is 5.41 Å². The Labute approximate surface area is 159 Å². The van der Waals surface area contributed by atoms with Crippen LogP contribution >= 0.6 is 0 Å². The van der Waals surface area contributed by atoms with Crippen LogP contribution in [0.4, 0.5) is 0 Å². The van der Waals surface area contributed by atoms with Crippen molar-refractivity contribution in [1.29, 1.82) is 0 Å². The van der Waals surface area contributed by atoms with E-state index in [1.807, 2.05) is 20.8 Å². The molecule has 2 aliphatic rings. The zero-order valence-electron chi connectivity index (χ0n) is 16.2. The molecule has 1 aliphatic heterocycles. The first-order valence-electron chi connectivity index (χ1n) is 9.21. The summed E-state index contributed by atoms with van der Waals surface area (Å²) < 4.78 is 22.2. The molecule has 0 amide bonds. The molecule has 3 rings (SSSR count). The molecule has 1 saturated carbocycles. The largest absolute Gasteiger partial charge is 0.497 e. The number of benzene rings is 1. The summed E-state index contributed by atoms with van der Waals surface area (Å²) in [4.78, 5) is 24.9. The van der Waals surface area contributed by atoms with Gasteiger partial charge >= 0.3 is 5.97 Å². The number of carbonyl (C=O) groups excluding carboxylic acids is 2. The number of esters is 1. The number of ether oxygens (including phenoxy) is 4. The average molecular weight is 374 g/mol. The summed E-state index contributed by atoms with van der Waals surface area (Å²) in [5.74, 6) is 0.894. The Morgan fingerprint density at radius 3 is 2.41 bits per heavy atom. The zero-order valence-corrected chi connectivity index (χ0v) is 16.2. The van der Waals surface area contributed by atoms with Crippen LogP contribution in [-0.2, 0) is 19.1 Å². The minimum Gasteiger partial charge on any atom is -0.497 e. The van der Waals surface area contributed by atoms with Crippen molar-refractivity contribution in [3.05, 3.63) is 36.3 Å². The monoisotopic (exact) mass is 374 g/mol. The number of rotatable bonds is 4. The molecule has 1 aromatic carbocycles. The lowest BCUT2D eigenvalue weighted by molar-refractivity contribution is -0.164. The molecule has 1 aromatic rings. The third kappa shape index (κ3) is 4.43. The highest BCUT2D eigenvalue weighted by molar-refractivity contribution is 5.96. The molecule has 0 N–H and O–H groups in total. The highest BCUT2D eigenvalue weighted by atomic mass is 16.6. The Morgan fingerprint density at radius 2 is 1.78 bits per heavy atom. The maximum atomic E-state index is 12.8. The van der Waals surface area contributed by atoms with Gasteiger partial charge in [-0.3, -0.25) is 9.59 Å². The fourth-order valence-electron chi connectivity index (χ4n) is 3.21. The predicted octanol–water partition coefficient (Wildman–Crippen LogP) is 3.64. The van der Waals surface area contributed by atoms with Gasteiger partial charge < -0.3 is 18.9 Å². The minimum absolute atomic E-state index is 0.0670. The highest BCUT2D eigenvalue weighted by Crippen LogP contribution is 2.36.